The van der Waals surface area contributed by atoms with E-state index < -0.39 is 0 Å². The lowest BCUT2D eigenvalue weighted by Crippen LogP contribution is -2.59. The first-order valence-electron chi connectivity index (χ1n) is 5.96. The second-order valence-corrected chi connectivity index (χ2v) is 4.85. The molecule has 0 radical (unpaired) electrons. The highest BCUT2D eigenvalue weighted by molar-refractivity contribution is 5.85. The molecular formula is C11H23Cl2N3O. The average Bonchev–Trinajstić information content (AvgIpc) is 2.14. The first-order valence-corrected chi connectivity index (χ1v) is 5.96. The van der Waals surface area contributed by atoms with Crippen LogP contribution in [-0.4, -0.2) is 42.5 Å². The van der Waals surface area contributed by atoms with Crippen LogP contribution in [0.2, 0.25) is 0 Å². The molecule has 102 valence electrons. The summed E-state index contributed by atoms with van der Waals surface area (Å²) in [7, 11) is 0. The molecule has 2 saturated heterocycles. The van der Waals surface area contributed by atoms with Crippen molar-refractivity contribution >= 4 is 30.7 Å². The second kappa shape index (κ2) is 7.41. The Morgan fingerprint density at radius 1 is 1.41 bits per heavy atom. The number of hydrogen-bond donors (Lipinski definition) is 2. The van der Waals surface area contributed by atoms with Gasteiger partial charge in [-0.15, -0.1) is 24.8 Å². The third-order valence-corrected chi connectivity index (χ3v) is 3.66. The van der Waals surface area contributed by atoms with Crippen molar-refractivity contribution in [3.05, 3.63) is 0 Å². The zero-order valence-corrected chi connectivity index (χ0v) is 11.9. The summed E-state index contributed by atoms with van der Waals surface area (Å²) < 4.78 is 0. The van der Waals surface area contributed by atoms with Gasteiger partial charge in [0.05, 0.1) is 6.04 Å². The molecule has 0 aromatic rings. The second-order valence-electron chi connectivity index (χ2n) is 4.85. The average molecular weight is 284 g/mol. The highest BCUT2D eigenvalue weighted by Crippen LogP contribution is 2.23. The van der Waals surface area contributed by atoms with Crippen molar-refractivity contribution in [1.82, 2.24) is 10.2 Å². The van der Waals surface area contributed by atoms with Crippen molar-refractivity contribution in [2.24, 2.45) is 11.7 Å². The fourth-order valence-electron chi connectivity index (χ4n) is 2.46. The van der Waals surface area contributed by atoms with Gasteiger partial charge >= 0.3 is 0 Å². The maximum Gasteiger partial charge on any atom is 0.240 e. The first kappa shape index (κ1) is 17.0. The van der Waals surface area contributed by atoms with E-state index in [1.54, 1.807) is 0 Å². The molecule has 0 aromatic carbocycles. The molecule has 4 nitrogen and oxygen atoms in total. The molecule has 2 aliphatic heterocycles. The molecule has 2 fully saturated rings. The van der Waals surface area contributed by atoms with Crippen molar-refractivity contribution in [2.45, 2.75) is 38.3 Å². The molecule has 3 atom stereocenters. The smallest absolute Gasteiger partial charge is 0.240 e. The number of hydrogen-bond acceptors (Lipinski definition) is 3. The third kappa shape index (κ3) is 3.71. The van der Waals surface area contributed by atoms with Crippen LogP contribution in [-0.2, 0) is 4.79 Å². The van der Waals surface area contributed by atoms with Crippen molar-refractivity contribution in [1.29, 1.82) is 0 Å². The van der Waals surface area contributed by atoms with Gasteiger partial charge in [-0.1, -0.05) is 6.92 Å². The number of piperidine rings is 1. The quantitative estimate of drug-likeness (QED) is 0.788. The molecule has 2 rings (SSSR count). The Balaban J connectivity index is 0.00000128. The Hall–Kier alpha value is -0.0300. The number of amides is 1. The zero-order chi connectivity index (χ0) is 10.8. The summed E-state index contributed by atoms with van der Waals surface area (Å²) in [4.78, 5) is 14.1. The summed E-state index contributed by atoms with van der Waals surface area (Å²) in [5.41, 5.74) is 5.74. The van der Waals surface area contributed by atoms with Crippen LogP contribution in [0.4, 0.5) is 0 Å². The number of nitrogens with two attached hydrogens (primary N) is 1. The van der Waals surface area contributed by atoms with Gasteiger partial charge in [0.15, 0.2) is 0 Å². The van der Waals surface area contributed by atoms with Crippen LogP contribution in [0.25, 0.3) is 0 Å². The Morgan fingerprint density at radius 3 is 2.53 bits per heavy atom. The lowest BCUT2D eigenvalue weighted by molar-refractivity contribution is -0.139. The van der Waals surface area contributed by atoms with Crippen molar-refractivity contribution in [3.8, 4) is 0 Å². The maximum absolute atomic E-state index is 12.1. The molecule has 0 aliphatic carbocycles. The first-order chi connectivity index (χ1) is 7.22. The van der Waals surface area contributed by atoms with Gasteiger partial charge in [0.25, 0.3) is 0 Å². The maximum atomic E-state index is 12.1. The van der Waals surface area contributed by atoms with Crippen molar-refractivity contribution in [2.75, 3.05) is 19.6 Å². The standard InChI is InChI=1S/C11H21N3O.2ClH/c1-8-3-5-14(9(6-8)7-12)11(15)10-2-4-13-10;;/h8-10,13H,2-7,12H2,1H3;2*1H/t8?,9?,10-;;/m1../s1. The number of rotatable bonds is 2. The summed E-state index contributed by atoms with van der Waals surface area (Å²) in [6.07, 6.45) is 3.17. The SMILES string of the molecule is CC1CCN(C(=O)[C@H]2CCN2)C(CN)C1.Cl.Cl. The molecule has 2 unspecified atom stereocenters. The molecular weight excluding hydrogens is 261 g/mol. The Labute approximate surface area is 115 Å². The van der Waals surface area contributed by atoms with E-state index in [9.17, 15) is 4.79 Å². The number of carbonyl (C=O) groups is 1. The number of nitrogens with zero attached hydrogens (tertiary/aromatic N) is 1. The largest absolute Gasteiger partial charge is 0.337 e. The van der Waals surface area contributed by atoms with Crippen LogP contribution in [0, 0.1) is 5.92 Å². The molecule has 6 heteroatoms. The van der Waals surface area contributed by atoms with Gasteiger partial charge in [-0.2, -0.15) is 0 Å². The molecule has 1 amide bonds. The van der Waals surface area contributed by atoms with Gasteiger partial charge in [0, 0.05) is 19.1 Å². The summed E-state index contributed by atoms with van der Waals surface area (Å²) >= 11 is 0. The van der Waals surface area contributed by atoms with Crippen molar-refractivity contribution in [3.63, 3.8) is 0 Å². The predicted octanol–water partition coefficient (Wildman–Crippen LogP) is 0.778. The highest BCUT2D eigenvalue weighted by Gasteiger charge is 2.34. The van der Waals surface area contributed by atoms with Crippen LogP contribution in [0.15, 0.2) is 0 Å². The van der Waals surface area contributed by atoms with Gasteiger partial charge in [-0.05, 0) is 31.7 Å². The van der Waals surface area contributed by atoms with Gasteiger partial charge < -0.3 is 16.0 Å². The van der Waals surface area contributed by atoms with Crippen LogP contribution >= 0.6 is 24.8 Å². The molecule has 2 aliphatic rings. The van der Waals surface area contributed by atoms with Crippen LogP contribution in [0.1, 0.15) is 26.2 Å². The monoisotopic (exact) mass is 283 g/mol. The number of halogens is 2. The van der Waals surface area contributed by atoms with E-state index in [-0.39, 0.29) is 42.8 Å². The molecule has 0 spiro atoms. The minimum Gasteiger partial charge on any atom is -0.337 e. The number of carbonyl (C=O) groups excluding carboxylic acids is 1. The fourth-order valence-corrected chi connectivity index (χ4v) is 2.46. The lowest BCUT2D eigenvalue weighted by Gasteiger charge is -2.41. The Kier molecular flexibility index (Phi) is 7.40. The Bertz CT molecular complexity index is 249. The molecule has 2 heterocycles. The minimum atomic E-state index is 0. The van der Waals surface area contributed by atoms with Crippen LogP contribution in [0.5, 0.6) is 0 Å². The predicted molar refractivity (Wildman–Crippen MR) is 73.9 cm³/mol. The number of likely N-dealkylation sites (tertiary alicyclic amines) is 1. The van der Waals surface area contributed by atoms with E-state index in [1.807, 2.05) is 4.90 Å². The fraction of sp³-hybridized carbons (Fsp3) is 0.909. The van der Waals surface area contributed by atoms with E-state index in [2.05, 4.69) is 12.2 Å². The van der Waals surface area contributed by atoms with Crippen LogP contribution < -0.4 is 11.1 Å². The summed E-state index contributed by atoms with van der Waals surface area (Å²) in [6.45, 7) is 4.71. The van der Waals surface area contributed by atoms with E-state index in [4.69, 9.17) is 5.73 Å². The topological polar surface area (TPSA) is 58.4 Å². The lowest BCUT2D eigenvalue weighted by atomic mass is 9.91. The minimum absolute atomic E-state index is 0. The van der Waals surface area contributed by atoms with Gasteiger partial charge in [0.1, 0.15) is 0 Å². The summed E-state index contributed by atoms with van der Waals surface area (Å²) in [6, 6.07) is 0.344. The van der Waals surface area contributed by atoms with E-state index in [1.165, 1.54) is 0 Å². The normalized spacial score (nSPS) is 31.9. The van der Waals surface area contributed by atoms with Gasteiger partial charge in [-0.3, -0.25) is 4.79 Å². The van der Waals surface area contributed by atoms with E-state index in [0.29, 0.717) is 12.5 Å². The number of nitrogens with one attached hydrogen (secondary N) is 1. The van der Waals surface area contributed by atoms with Gasteiger partial charge in [-0.25, -0.2) is 0 Å². The molecule has 3 N–H and O–H groups in total. The highest BCUT2D eigenvalue weighted by atomic mass is 35.5. The zero-order valence-electron chi connectivity index (χ0n) is 10.2. The molecule has 0 bridgehead atoms. The van der Waals surface area contributed by atoms with E-state index in [0.717, 1.165) is 32.4 Å². The molecule has 17 heavy (non-hydrogen) atoms. The van der Waals surface area contributed by atoms with E-state index >= 15 is 0 Å². The molecule has 0 aromatic heterocycles. The van der Waals surface area contributed by atoms with Crippen molar-refractivity contribution < 1.29 is 4.79 Å². The summed E-state index contributed by atoms with van der Waals surface area (Å²) in [5, 5.41) is 3.17. The summed E-state index contributed by atoms with van der Waals surface area (Å²) in [5.74, 6) is 0.973. The van der Waals surface area contributed by atoms with Crippen LogP contribution in [0.3, 0.4) is 0 Å². The van der Waals surface area contributed by atoms with Gasteiger partial charge in [0.2, 0.25) is 5.91 Å². The third-order valence-electron chi connectivity index (χ3n) is 3.66. The molecule has 0 saturated carbocycles. The Morgan fingerprint density at radius 2 is 2.06 bits per heavy atom.